The first kappa shape index (κ1) is 15.2. The van der Waals surface area contributed by atoms with E-state index in [0.717, 1.165) is 36.4 Å². The molecule has 0 aliphatic carbocycles. The standard InChI is InChI=1S/C17H22ClNO/c1-15-14-17(8-7-16(15)6-2-3-9-18)20-13-12-19-10-4-5-11-19/h7-8,14H,3-5,9-13H2,1H3. The highest BCUT2D eigenvalue weighted by Crippen LogP contribution is 2.17. The summed E-state index contributed by atoms with van der Waals surface area (Å²) in [4.78, 5) is 2.46. The lowest BCUT2D eigenvalue weighted by Gasteiger charge is -2.15. The summed E-state index contributed by atoms with van der Waals surface area (Å²) in [6.45, 7) is 6.29. The average Bonchev–Trinajstić information content (AvgIpc) is 2.95. The summed E-state index contributed by atoms with van der Waals surface area (Å²) in [7, 11) is 0. The van der Waals surface area contributed by atoms with Crippen LogP contribution in [0.5, 0.6) is 5.75 Å². The number of halogens is 1. The molecule has 2 nitrogen and oxygen atoms in total. The zero-order valence-corrected chi connectivity index (χ0v) is 12.9. The molecule has 1 aliphatic heterocycles. The largest absolute Gasteiger partial charge is 0.492 e. The maximum atomic E-state index is 5.82. The van der Waals surface area contributed by atoms with Crippen molar-refractivity contribution in [1.29, 1.82) is 0 Å². The minimum atomic E-state index is 0.587. The Morgan fingerprint density at radius 1 is 1.30 bits per heavy atom. The molecule has 1 fully saturated rings. The van der Waals surface area contributed by atoms with E-state index in [1.807, 2.05) is 12.1 Å². The molecule has 2 rings (SSSR count). The van der Waals surface area contributed by atoms with Gasteiger partial charge in [-0.25, -0.2) is 0 Å². The maximum Gasteiger partial charge on any atom is 0.119 e. The van der Waals surface area contributed by atoms with Gasteiger partial charge in [0.25, 0.3) is 0 Å². The Balaban J connectivity index is 1.83. The lowest BCUT2D eigenvalue weighted by Crippen LogP contribution is -2.25. The van der Waals surface area contributed by atoms with E-state index in [1.165, 1.54) is 25.9 Å². The number of aryl methyl sites for hydroxylation is 1. The molecule has 0 bridgehead atoms. The van der Waals surface area contributed by atoms with Crippen LogP contribution in [0.1, 0.15) is 30.4 Å². The van der Waals surface area contributed by atoms with Crippen molar-refractivity contribution in [3.63, 3.8) is 0 Å². The van der Waals surface area contributed by atoms with Gasteiger partial charge in [-0.2, -0.15) is 0 Å². The van der Waals surface area contributed by atoms with Crippen LogP contribution in [0.15, 0.2) is 18.2 Å². The van der Waals surface area contributed by atoms with Crippen LogP contribution in [-0.2, 0) is 0 Å². The van der Waals surface area contributed by atoms with E-state index in [9.17, 15) is 0 Å². The molecular weight excluding hydrogens is 270 g/mol. The number of likely N-dealkylation sites (tertiary alicyclic amines) is 1. The third-order valence-corrected chi connectivity index (χ3v) is 3.70. The SMILES string of the molecule is Cc1cc(OCCN2CCCC2)ccc1C#CCCCl. The fraction of sp³-hybridized carbons (Fsp3) is 0.529. The third kappa shape index (κ3) is 4.74. The number of alkyl halides is 1. The van der Waals surface area contributed by atoms with Crippen LogP contribution in [0.3, 0.4) is 0 Å². The first-order chi connectivity index (χ1) is 9.79. The molecule has 108 valence electrons. The summed E-state index contributed by atoms with van der Waals surface area (Å²) in [5.41, 5.74) is 2.22. The van der Waals surface area contributed by atoms with Gasteiger partial charge >= 0.3 is 0 Å². The Morgan fingerprint density at radius 2 is 2.10 bits per heavy atom. The first-order valence-electron chi connectivity index (χ1n) is 7.30. The van der Waals surface area contributed by atoms with Gasteiger partial charge in [-0.15, -0.1) is 11.6 Å². The molecule has 0 unspecified atom stereocenters. The summed E-state index contributed by atoms with van der Waals surface area (Å²) in [6, 6.07) is 6.10. The van der Waals surface area contributed by atoms with Crippen LogP contribution in [0.2, 0.25) is 0 Å². The highest BCUT2D eigenvalue weighted by atomic mass is 35.5. The summed E-state index contributed by atoms with van der Waals surface area (Å²) in [5.74, 6) is 7.73. The van der Waals surface area contributed by atoms with Gasteiger partial charge < -0.3 is 4.74 Å². The van der Waals surface area contributed by atoms with Crippen molar-refractivity contribution in [3.05, 3.63) is 29.3 Å². The second kappa shape index (κ2) is 8.19. The molecule has 0 amide bonds. The summed E-state index contributed by atoms with van der Waals surface area (Å²) in [6.07, 6.45) is 3.39. The van der Waals surface area contributed by atoms with Gasteiger partial charge in [0, 0.05) is 24.4 Å². The Labute approximate surface area is 127 Å². The van der Waals surface area contributed by atoms with Crippen LogP contribution in [0.4, 0.5) is 0 Å². The van der Waals surface area contributed by atoms with Gasteiger partial charge in [0.05, 0.1) is 0 Å². The van der Waals surface area contributed by atoms with Crippen LogP contribution in [-0.4, -0.2) is 37.0 Å². The second-order valence-corrected chi connectivity index (χ2v) is 5.49. The number of hydrogen-bond donors (Lipinski definition) is 0. The molecule has 0 radical (unpaired) electrons. The quantitative estimate of drug-likeness (QED) is 0.608. The van der Waals surface area contributed by atoms with Gasteiger partial charge in [-0.1, -0.05) is 11.8 Å². The van der Waals surface area contributed by atoms with E-state index in [2.05, 4.69) is 29.7 Å². The lowest BCUT2D eigenvalue weighted by atomic mass is 10.1. The Bertz CT molecular complexity index is 483. The predicted octanol–water partition coefficient (Wildman–Crippen LogP) is 3.45. The minimum Gasteiger partial charge on any atom is -0.492 e. The smallest absolute Gasteiger partial charge is 0.119 e. The Hall–Kier alpha value is -1.17. The molecule has 1 heterocycles. The van der Waals surface area contributed by atoms with Gasteiger partial charge in [-0.3, -0.25) is 4.90 Å². The van der Waals surface area contributed by atoms with E-state index in [1.54, 1.807) is 0 Å². The molecule has 20 heavy (non-hydrogen) atoms. The highest BCUT2D eigenvalue weighted by molar-refractivity contribution is 6.18. The zero-order chi connectivity index (χ0) is 14.2. The normalized spacial score (nSPS) is 14.9. The molecule has 0 aromatic heterocycles. The van der Waals surface area contributed by atoms with Crippen LogP contribution in [0, 0.1) is 18.8 Å². The minimum absolute atomic E-state index is 0.587. The van der Waals surface area contributed by atoms with E-state index in [-0.39, 0.29) is 0 Å². The third-order valence-electron chi connectivity index (χ3n) is 3.52. The van der Waals surface area contributed by atoms with E-state index >= 15 is 0 Å². The van der Waals surface area contributed by atoms with E-state index in [4.69, 9.17) is 16.3 Å². The zero-order valence-electron chi connectivity index (χ0n) is 12.1. The van der Waals surface area contributed by atoms with Crippen LogP contribution < -0.4 is 4.74 Å². The first-order valence-corrected chi connectivity index (χ1v) is 7.83. The molecule has 0 N–H and O–H groups in total. The summed E-state index contributed by atoms with van der Waals surface area (Å²) >= 11 is 5.62. The average molecular weight is 292 g/mol. The van der Waals surface area contributed by atoms with Gasteiger partial charge in [0.1, 0.15) is 12.4 Å². The number of hydrogen-bond acceptors (Lipinski definition) is 2. The van der Waals surface area contributed by atoms with Crippen molar-refractivity contribution in [3.8, 4) is 17.6 Å². The van der Waals surface area contributed by atoms with Crippen LogP contribution in [0.25, 0.3) is 0 Å². The summed E-state index contributed by atoms with van der Waals surface area (Å²) in [5, 5.41) is 0. The molecule has 1 aromatic rings. The Morgan fingerprint density at radius 3 is 2.80 bits per heavy atom. The summed E-state index contributed by atoms with van der Waals surface area (Å²) < 4.78 is 5.82. The van der Waals surface area contributed by atoms with Crippen molar-refractivity contribution in [1.82, 2.24) is 4.90 Å². The van der Waals surface area contributed by atoms with Crippen molar-refractivity contribution in [2.45, 2.75) is 26.2 Å². The molecule has 1 aromatic carbocycles. The predicted molar refractivity (Wildman–Crippen MR) is 84.6 cm³/mol. The molecule has 1 aliphatic rings. The van der Waals surface area contributed by atoms with Crippen molar-refractivity contribution >= 4 is 11.6 Å². The molecular formula is C17H22ClNO. The van der Waals surface area contributed by atoms with E-state index < -0.39 is 0 Å². The van der Waals surface area contributed by atoms with Crippen molar-refractivity contribution < 1.29 is 4.74 Å². The monoisotopic (exact) mass is 291 g/mol. The highest BCUT2D eigenvalue weighted by Gasteiger charge is 2.10. The number of ether oxygens (including phenoxy) is 1. The fourth-order valence-electron chi connectivity index (χ4n) is 2.37. The van der Waals surface area contributed by atoms with Crippen LogP contribution >= 0.6 is 11.6 Å². The number of nitrogens with zero attached hydrogens (tertiary/aromatic N) is 1. The van der Waals surface area contributed by atoms with E-state index in [0.29, 0.717) is 5.88 Å². The number of rotatable bonds is 5. The van der Waals surface area contributed by atoms with Crippen molar-refractivity contribution in [2.75, 3.05) is 32.1 Å². The molecule has 3 heteroatoms. The molecule has 0 atom stereocenters. The van der Waals surface area contributed by atoms with Gasteiger partial charge in [0.15, 0.2) is 0 Å². The number of benzene rings is 1. The van der Waals surface area contributed by atoms with Gasteiger partial charge in [0.2, 0.25) is 0 Å². The fourth-order valence-corrected chi connectivity index (χ4v) is 2.46. The van der Waals surface area contributed by atoms with Gasteiger partial charge in [-0.05, 0) is 56.6 Å². The Kier molecular flexibility index (Phi) is 6.24. The second-order valence-electron chi connectivity index (χ2n) is 5.11. The van der Waals surface area contributed by atoms with Crippen molar-refractivity contribution in [2.24, 2.45) is 0 Å². The molecule has 0 saturated carbocycles. The lowest BCUT2D eigenvalue weighted by molar-refractivity contribution is 0.237. The molecule has 0 spiro atoms. The maximum absolute atomic E-state index is 5.82. The topological polar surface area (TPSA) is 12.5 Å². The molecule has 1 saturated heterocycles.